The number of hydrogen-bond acceptors (Lipinski definition) is 5. The van der Waals surface area contributed by atoms with E-state index < -0.39 is 23.4 Å². The Hall–Kier alpha value is -3.55. The molecule has 3 rings (SSSR count). The van der Waals surface area contributed by atoms with Crippen LogP contribution in [0.15, 0.2) is 48.5 Å². The van der Waals surface area contributed by atoms with E-state index >= 15 is 0 Å². The van der Waals surface area contributed by atoms with Crippen molar-refractivity contribution in [2.24, 2.45) is 0 Å². The molecule has 1 heterocycles. The first kappa shape index (κ1) is 19.2. The van der Waals surface area contributed by atoms with Crippen molar-refractivity contribution in [2.75, 3.05) is 13.1 Å². The lowest BCUT2D eigenvalue weighted by atomic mass is 9.92. The number of benzene rings is 2. The highest BCUT2D eigenvalue weighted by Gasteiger charge is 2.49. The van der Waals surface area contributed by atoms with Gasteiger partial charge in [0.25, 0.3) is 5.91 Å². The smallest absolute Gasteiger partial charge is 0.325 e. The van der Waals surface area contributed by atoms with Crippen LogP contribution in [0.4, 0.5) is 4.79 Å². The molecule has 1 saturated heterocycles. The van der Waals surface area contributed by atoms with Gasteiger partial charge in [-0.3, -0.25) is 14.5 Å². The van der Waals surface area contributed by atoms with Crippen LogP contribution in [0, 0.1) is 0 Å². The molecule has 0 aromatic heterocycles. The fraction of sp³-hybridized carbons (Fsp3) is 0.250. The first-order valence-corrected chi connectivity index (χ1v) is 8.78. The number of carbonyl (C=O) groups excluding carboxylic acids is 3. The highest BCUT2D eigenvalue weighted by molar-refractivity contribution is 6.09. The molecule has 8 nitrogen and oxygen atoms in total. The first-order valence-electron chi connectivity index (χ1n) is 8.78. The number of aromatic hydroxyl groups is 2. The molecule has 2 aromatic carbocycles. The van der Waals surface area contributed by atoms with Crippen LogP contribution in [-0.4, -0.2) is 46.0 Å². The highest BCUT2D eigenvalue weighted by Crippen LogP contribution is 2.28. The van der Waals surface area contributed by atoms with Crippen LogP contribution in [0.2, 0.25) is 0 Å². The Kier molecular flexibility index (Phi) is 5.21. The Balaban J connectivity index is 1.57. The normalized spacial score (nSPS) is 18.8. The third-order valence-corrected chi connectivity index (χ3v) is 4.70. The van der Waals surface area contributed by atoms with Crippen molar-refractivity contribution < 1.29 is 24.6 Å². The fourth-order valence-corrected chi connectivity index (χ4v) is 3.08. The Bertz CT molecular complexity index is 915. The van der Waals surface area contributed by atoms with Gasteiger partial charge in [-0.25, -0.2) is 4.79 Å². The molecule has 1 aliphatic rings. The van der Waals surface area contributed by atoms with Gasteiger partial charge in [-0.1, -0.05) is 36.4 Å². The second kappa shape index (κ2) is 7.59. The van der Waals surface area contributed by atoms with Crippen molar-refractivity contribution in [3.8, 4) is 11.5 Å². The lowest BCUT2D eigenvalue weighted by Crippen LogP contribution is -2.43. The Morgan fingerprint density at radius 3 is 2.50 bits per heavy atom. The third kappa shape index (κ3) is 3.75. The summed E-state index contributed by atoms with van der Waals surface area (Å²) < 4.78 is 0. The van der Waals surface area contributed by atoms with Gasteiger partial charge >= 0.3 is 6.03 Å². The average molecular weight is 383 g/mol. The molecule has 146 valence electrons. The van der Waals surface area contributed by atoms with E-state index in [0.717, 1.165) is 10.5 Å². The summed E-state index contributed by atoms with van der Waals surface area (Å²) in [7, 11) is 0. The first-order chi connectivity index (χ1) is 13.3. The van der Waals surface area contributed by atoms with Gasteiger partial charge < -0.3 is 20.8 Å². The molecule has 0 spiro atoms. The summed E-state index contributed by atoms with van der Waals surface area (Å²) in [5.41, 5.74) is 0.160. The second-order valence-corrected chi connectivity index (χ2v) is 6.74. The van der Waals surface area contributed by atoms with Crippen LogP contribution in [0.1, 0.15) is 18.1 Å². The fourth-order valence-electron chi connectivity index (χ4n) is 3.08. The molecule has 0 aliphatic carbocycles. The van der Waals surface area contributed by atoms with E-state index in [1.807, 2.05) is 6.07 Å². The van der Waals surface area contributed by atoms with Gasteiger partial charge in [-0.15, -0.1) is 0 Å². The number of phenols is 2. The van der Waals surface area contributed by atoms with E-state index in [4.69, 9.17) is 0 Å². The van der Waals surface area contributed by atoms with Gasteiger partial charge in [0.1, 0.15) is 12.1 Å². The Labute approximate surface area is 161 Å². The van der Waals surface area contributed by atoms with E-state index in [-0.39, 0.29) is 24.6 Å². The molecule has 2 aromatic rings. The number of nitrogens with one attached hydrogen (secondary N) is 2. The predicted octanol–water partition coefficient (Wildman–Crippen LogP) is 1.22. The monoisotopic (exact) mass is 383 g/mol. The van der Waals surface area contributed by atoms with Gasteiger partial charge in [0.2, 0.25) is 5.91 Å². The Morgan fingerprint density at radius 2 is 1.82 bits per heavy atom. The van der Waals surface area contributed by atoms with Crippen LogP contribution >= 0.6 is 0 Å². The zero-order valence-corrected chi connectivity index (χ0v) is 15.3. The second-order valence-electron chi connectivity index (χ2n) is 6.74. The van der Waals surface area contributed by atoms with Crippen molar-refractivity contribution in [2.45, 2.75) is 18.9 Å². The SMILES string of the molecule is C[C@]1(c2ccccc2)NC(=O)N(CC(=O)NCCc2ccc(O)c(O)c2)C1=O. The summed E-state index contributed by atoms with van der Waals surface area (Å²) in [4.78, 5) is 38.1. The molecule has 28 heavy (non-hydrogen) atoms. The largest absolute Gasteiger partial charge is 0.504 e. The van der Waals surface area contributed by atoms with Crippen molar-refractivity contribution in [1.29, 1.82) is 0 Å². The standard InChI is InChI=1S/C20H21N3O5/c1-20(14-5-3-2-4-6-14)18(27)23(19(28)22-20)12-17(26)21-10-9-13-7-8-15(24)16(25)11-13/h2-8,11,24-25H,9-10,12H2,1H3,(H,21,26)(H,22,28)/t20-/m1/s1. The van der Waals surface area contributed by atoms with Crippen LogP contribution in [0.25, 0.3) is 0 Å². The maximum absolute atomic E-state index is 12.7. The number of imide groups is 1. The predicted molar refractivity (Wildman–Crippen MR) is 101 cm³/mol. The molecule has 0 radical (unpaired) electrons. The van der Waals surface area contributed by atoms with E-state index in [2.05, 4.69) is 10.6 Å². The summed E-state index contributed by atoms with van der Waals surface area (Å²) in [6.45, 7) is 1.48. The molecular weight excluding hydrogens is 362 g/mol. The van der Waals surface area contributed by atoms with Gasteiger partial charge in [-0.05, 0) is 36.6 Å². The van der Waals surface area contributed by atoms with Gasteiger partial charge in [0.05, 0.1) is 0 Å². The number of urea groups is 1. The summed E-state index contributed by atoms with van der Waals surface area (Å²) >= 11 is 0. The number of amides is 4. The number of rotatable bonds is 6. The Morgan fingerprint density at radius 1 is 1.11 bits per heavy atom. The van der Waals surface area contributed by atoms with Crippen molar-refractivity contribution in [3.05, 3.63) is 59.7 Å². The molecule has 0 bridgehead atoms. The van der Waals surface area contributed by atoms with Gasteiger partial charge in [0.15, 0.2) is 11.5 Å². The molecular formula is C20H21N3O5. The maximum Gasteiger partial charge on any atom is 0.325 e. The third-order valence-electron chi connectivity index (χ3n) is 4.70. The van der Waals surface area contributed by atoms with Crippen LogP contribution < -0.4 is 10.6 Å². The summed E-state index contributed by atoms with van der Waals surface area (Å²) in [6, 6.07) is 12.6. The lowest BCUT2D eigenvalue weighted by molar-refractivity contribution is -0.134. The zero-order chi connectivity index (χ0) is 20.3. The number of nitrogens with zero attached hydrogens (tertiary/aromatic N) is 1. The topological polar surface area (TPSA) is 119 Å². The minimum Gasteiger partial charge on any atom is -0.504 e. The average Bonchev–Trinajstić information content (AvgIpc) is 2.89. The minimum absolute atomic E-state index is 0.215. The van der Waals surface area contributed by atoms with Crippen molar-refractivity contribution in [3.63, 3.8) is 0 Å². The van der Waals surface area contributed by atoms with Crippen molar-refractivity contribution >= 4 is 17.8 Å². The van der Waals surface area contributed by atoms with E-state index in [0.29, 0.717) is 12.0 Å². The molecule has 4 amide bonds. The van der Waals surface area contributed by atoms with E-state index in [1.54, 1.807) is 37.3 Å². The maximum atomic E-state index is 12.7. The molecule has 1 fully saturated rings. The quantitative estimate of drug-likeness (QED) is 0.442. The summed E-state index contributed by atoms with van der Waals surface area (Å²) in [5, 5.41) is 24.1. The van der Waals surface area contributed by atoms with Gasteiger partial charge in [0, 0.05) is 6.54 Å². The highest BCUT2D eigenvalue weighted by atomic mass is 16.3. The zero-order valence-electron chi connectivity index (χ0n) is 15.3. The summed E-state index contributed by atoms with van der Waals surface area (Å²) in [5.74, 6) is -1.40. The van der Waals surface area contributed by atoms with E-state index in [9.17, 15) is 24.6 Å². The lowest BCUT2D eigenvalue weighted by Gasteiger charge is -2.22. The van der Waals surface area contributed by atoms with Crippen LogP contribution in [0.5, 0.6) is 11.5 Å². The molecule has 0 saturated carbocycles. The minimum atomic E-state index is -1.21. The van der Waals surface area contributed by atoms with Crippen LogP contribution in [0.3, 0.4) is 0 Å². The van der Waals surface area contributed by atoms with Crippen LogP contribution in [-0.2, 0) is 21.5 Å². The summed E-state index contributed by atoms with van der Waals surface area (Å²) in [6.07, 6.45) is 0.418. The number of phenolic OH excluding ortho intramolecular Hbond substituents is 2. The number of carbonyl (C=O) groups is 3. The molecule has 1 atom stereocenters. The van der Waals surface area contributed by atoms with E-state index in [1.165, 1.54) is 12.1 Å². The number of hydrogen-bond donors (Lipinski definition) is 4. The molecule has 8 heteroatoms. The van der Waals surface area contributed by atoms with Crippen molar-refractivity contribution in [1.82, 2.24) is 15.5 Å². The molecule has 1 aliphatic heterocycles. The molecule has 0 unspecified atom stereocenters. The molecule has 4 N–H and O–H groups in total. The van der Waals surface area contributed by atoms with Gasteiger partial charge in [-0.2, -0.15) is 0 Å².